The van der Waals surface area contributed by atoms with Crippen LogP contribution < -0.4 is 5.11 Å². The summed E-state index contributed by atoms with van der Waals surface area (Å²) in [5, 5.41) is 32.2. The van der Waals surface area contributed by atoms with E-state index in [0.29, 0.717) is 6.42 Å². The van der Waals surface area contributed by atoms with Gasteiger partial charge in [-0.1, -0.05) is 123 Å². The fourth-order valence-corrected chi connectivity index (χ4v) is 6.78. The third kappa shape index (κ3) is 15.5. The minimum absolute atomic E-state index is 0.131. The lowest BCUT2D eigenvalue weighted by molar-refractivity contribution is -0.974. The number of nitrogens with zero attached hydrogens (tertiary/aromatic N) is 1. The Bertz CT molecular complexity index is 682. The predicted molar refractivity (Wildman–Crippen MR) is 170 cm³/mol. The van der Waals surface area contributed by atoms with Crippen LogP contribution in [0, 0.1) is 0 Å². The molecule has 0 aromatic heterocycles. The van der Waals surface area contributed by atoms with Gasteiger partial charge in [0.15, 0.2) is 12.1 Å². The fraction of sp³-hybridized carbons (Fsp3) is 0.857. The van der Waals surface area contributed by atoms with E-state index in [1.54, 1.807) is 20.8 Å². The van der Waals surface area contributed by atoms with E-state index in [-0.39, 0.29) is 25.8 Å². The molecule has 0 rings (SSSR count). The maximum atomic E-state index is 12.3. The molecule has 0 aromatic carbocycles. The Morgan fingerprint density at radius 2 is 0.881 bits per heavy atom. The van der Waals surface area contributed by atoms with Crippen LogP contribution in [-0.4, -0.2) is 57.3 Å². The van der Waals surface area contributed by atoms with E-state index in [9.17, 15) is 29.7 Å². The van der Waals surface area contributed by atoms with Crippen molar-refractivity contribution in [3.05, 3.63) is 12.2 Å². The Hall–Kier alpha value is -1.89. The zero-order valence-corrected chi connectivity index (χ0v) is 27.6. The first-order valence-corrected chi connectivity index (χ1v) is 17.4. The number of carboxylic acid groups (broad SMARTS) is 3. The lowest BCUT2D eigenvalue weighted by Crippen LogP contribution is -2.73. The van der Waals surface area contributed by atoms with Crippen LogP contribution >= 0.6 is 0 Å². The van der Waals surface area contributed by atoms with Crippen LogP contribution in [0.15, 0.2) is 12.2 Å². The lowest BCUT2D eigenvalue weighted by atomic mass is 9.93. The molecule has 0 aliphatic rings. The number of carbonyl (C=O) groups excluding carboxylic acids is 1. The van der Waals surface area contributed by atoms with Crippen LogP contribution in [0.1, 0.15) is 169 Å². The molecule has 2 N–H and O–H groups in total. The maximum absolute atomic E-state index is 12.3. The second kappa shape index (κ2) is 25.6. The molecule has 0 aliphatic carbocycles. The Labute approximate surface area is 257 Å². The topological polar surface area (TPSA) is 115 Å². The monoisotopic (exact) mass is 595 g/mol. The number of hydrogen-bond donors (Lipinski definition) is 2. The van der Waals surface area contributed by atoms with Gasteiger partial charge in [-0.2, -0.15) is 0 Å². The summed E-state index contributed by atoms with van der Waals surface area (Å²) in [5.74, 6) is -3.65. The largest absolute Gasteiger partial charge is 0.544 e. The van der Waals surface area contributed by atoms with Gasteiger partial charge in [0.2, 0.25) is 0 Å². The third-order valence-electron chi connectivity index (χ3n) is 9.05. The van der Waals surface area contributed by atoms with E-state index < -0.39 is 40.5 Å². The van der Waals surface area contributed by atoms with Crippen LogP contribution in [0.2, 0.25) is 0 Å². The molecule has 42 heavy (non-hydrogen) atoms. The average molecular weight is 596 g/mol. The molecule has 0 aliphatic heterocycles. The van der Waals surface area contributed by atoms with Crippen molar-refractivity contribution < 1.29 is 34.2 Å². The second-order valence-electron chi connectivity index (χ2n) is 12.2. The van der Waals surface area contributed by atoms with Gasteiger partial charge in [-0.05, 0) is 38.5 Å². The van der Waals surface area contributed by atoms with Crippen LogP contribution in [0.3, 0.4) is 0 Å². The normalized spacial score (nSPS) is 15.3. The van der Waals surface area contributed by atoms with Crippen molar-refractivity contribution in [1.29, 1.82) is 0 Å². The van der Waals surface area contributed by atoms with E-state index in [0.717, 1.165) is 19.3 Å². The van der Waals surface area contributed by atoms with Crippen molar-refractivity contribution >= 4 is 17.9 Å². The highest BCUT2D eigenvalue weighted by Crippen LogP contribution is 2.32. The molecule has 7 nitrogen and oxygen atoms in total. The molecule has 0 radical (unpaired) electrons. The summed E-state index contributed by atoms with van der Waals surface area (Å²) in [6.07, 6.45) is 28.1. The van der Waals surface area contributed by atoms with Gasteiger partial charge in [0.1, 0.15) is 6.04 Å². The van der Waals surface area contributed by atoms with Gasteiger partial charge in [-0.15, -0.1) is 0 Å². The molecule has 7 heteroatoms. The van der Waals surface area contributed by atoms with Gasteiger partial charge in [0.25, 0.3) is 0 Å². The first kappa shape index (κ1) is 40.1. The van der Waals surface area contributed by atoms with E-state index in [4.69, 9.17) is 0 Å². The highest BCUT2D eigenvalue weighted by Gasteiger charge is 2.53. The summed E-state index contributed by atoms with van der Waals surface area (Å²) in [6.45, 7) is 7.53. The van der Waals surface area contributed by atoms with Crippen molar-refractivity contribution in [1.82, 2.24) is 0 Å². The van der Waals surface area contributed by atoms with Crippen molar-refractivity contribution in [3.8, 4) is 0 Å². The van der Waals surface area contributed by atoms with E-state index in [1.807, 2.05) is 0 Å². The van der Waals surface area contributed by atoms with Crippen LogP contribution in [-0.2, 0) is 14.4 Å². The number of carboxylic acids is 3. The van der Waals surface area contributed by atoms with Crippen molar-refractivity contribution in [3.63, 3.8) is 0 Å². The molecule has 3 unspecified atom stereocenters. The molecule has 246 valence electrons. The van der Waals surface area contributed by atoms with Gasteiger partial charge in [0, 0.05) is 19.3 Å². The molecule has 0 aromatic rings. The molecule has 0 saturated heterocycles. The number of quaternary nitrogens is 1. The Balaban J connectivity index is 4.36. The highest BCUT2D eigenvalue weighted by atomic mass is 16.4. The van der Waals surface area contributed by atoms with Gasteiger partial charge in [-0.25, -0.2) is 9.59 Å². The summed E-state index contributed by atoms with van der Waals surface area (Å²) in [6, 6.07) is -3.38. The average Bonchev–Trinajstić information content (AvgIpc) is 2.94. The maximum Gasteiger partial charge on any atom is 0.362 e. The first-order chi connectivity index (χ1) is 20.2. The van der Waals surface area contributed by atoms with E-state index in [2.05, 4.69) is 19.1 Å². The van der Waals surface area contributed by atoms with Crippen molar-refractivity contribution in [2.24, 2.45) is 0 Å². The number of hydrogen-bond acceptors (Lipinski definition) is 4. The number of allylic oxidation sites excluding steroid dienone is 2. The SMILES string of the molecule is CCCCCCC/C=C/CCCCCCCCCCCCCC[N+](C(CC)C(=O)[O-])(C(CC)C(=O)O)C(CC)C(=O)O. The van der Waals surface area contributed by atoms with Gasteiger partial charge in [0.05, 0.1) is 12.5 Å². The number of carbonyl (C=O) groups is 3. The highest BCUT2D eigenvalue weighted by molar-refractivity contribution is 5.77. The smallest absolute Gasteiger partial charge is 0.362 e. The molecule has 0 fully saturated rings. The zero-order valence-electron chi connectivity index (χ0n) is 27.6. The molecular weight excluding hydrogens is 530 g/mol. The zero-order chi connectivity index (χ0) is 31.6. The standard InChI is InChI=1S/C35H65NO6/c1-5-9-10-11-12-13-14-15-16-17-18-19-20-21-22-23-24-25-26-27-28-29-36(30(6-2)33(37)38,31(7-3)34(39)40)32(8-4)35(41)42/h14-15,30-32H,5-13,16-29H2,1-4H3,(H2-,37,38,39,40,41,42)/b15-14+. The quantitative estimate of drug-likeness (QED) is 0.0493. The molecule has 0 bridgehead atoms. The number of unbranched alkanes of at least 4 members (excludes halogenated alkanes) is 17. The Morgan fingerprint density at radius 1 is 0.548 bits per heavy atom. The van der Waals surface area contributed by atoms with Gasteiger partial charge < -0.3 is 20.1 Å². The summed E-state index contributed by atoms with van der Waals surface area (Å²) in [4.78, 5) is 36.7. The summed E-state index contributed by atoms with van der Waals surface area (Å²) < 4.78 is -0.466. The molecule has 3 atom stereocenters. The first-order valence-electron chi connectivity index (χ1n) is 17.4. The molecule has 0 spiro atoms. The summed E-state index contributed by atoms with van der Waals surface area (Å²) in [7, 11) is 0. The predicted octanol–water partition coefficient (Wildman–Crippen LogP) is 8.05. The molecule has 0 amide bonds. The van der Waals surface area contributed by atoms with Gasteiger partial charge >= 0.3 is 11.9 Å². The second-order valence-corrected chi connectivity index (χ2v) is 12.2. The van der Waals surface area contributed by atoms with Crippen LogP contribution in [0.25, 0.3) is 0 Å². The van der Waals surface area contributed by atoms with Crippen molar-refractivity contribution in [2.75, 3.05) is 6.54 Å². The van der Waals surface area contributed by atoms with Crippen LogP contribution in [0.5, 0.6) is 0 Å². The van der Waals surface area contributed by atoms with Crippen LogP contribution in [0.4, 0.5) is 0 Å². The fourth-order valence-electron chi connectivity index (χ4n) is 6.78. The Morgan fingerprint density at radius 3 is 1.19 bits per heavy atom. The van der Waals surface area contributed by atoms with Gasteiger partial charge in [-0.3, -0.25) is 4.48 Å². The molecular formula is C35H65NO6. The third-order valence-corrected chi connectivity index (χ3v) is 9.05. The minimum atomic E-state index is -1.36. The van der Waals surface area contributed by atoms with E-state index >= 15 is 0 Å². The van der Waals surface area contributed by atoms with Crippen molar-refractivity contribution in [2.45, 2.75) is 187 Å². The summed E-state index contributed by atoms with van der Waals surface area (Å²) in [5.41, 5.74) is 0. The molecule has 0 saturated carbocycles. The van der Waals surface area contributed by atoms with E-state index in [1.165, 1.54) is 96.3 Å². The molecule has 0 heterocycles. The Kier molecular flexibility index (Phi) is 24.4. The lowest BCUT2D eigenvalue weighted by Gasteiger charge is -2.51. The summed E-state index contributed by atoms with van der Waals surface area (Å²) >= 11 is 0. The number of aliphatic carboxylic acids is 3. The number of rotatable bonds is 30. The minimum Gasteiger partial charge on any atom is -0.544 e.